The highest BCUT2D eigenvalue weighted by atomic mass is 32.1. The standard InChI is InChI=1S/C7H9NS/c9-6-3-7-1-4-8-5-2-7/h1-2,4-5,9H,3,6H2/i3D. The number of pyridine rings is 1. The number of thiol groups is 1. The lowest BCUT2D eigenvalue weighted by atomic mass is 10.2. The summed E-state index contributed by atoms with van der Waals surface area (Å²) >= 11 is 4.02. The number of hydrogen-bond acceptors (Lipinski definition) is 2. The van der Waals surface area contributed by atoms with Gasteiger partial charge in [-0.15, -0.1) is 0 Å². The van der Waals surface area contributed by atoms with E-state index in [1.54, 1.807) is 12.4 Å². The topological polar surface area (TPSA) is 12.9 Å². The Morgan fingerprint density at radius 1 is 1.56 bits per heavy atom. The van der Waals surface area contributed by atoms with Gasteiger partial charge in [0.15, 0.2) is 0 Å². The second-order valence-corrected chi connectivity index (χ2v) is 2.03. The van der Waals surface area contributed by atoms with Gasteiger partial charge in [0, 0.05) is 13.8 Å². The van der Waals surface area contributed by atoms with Crippen molar-refractivity contribution in [2.45, 2.75) is 6.40 Å². The van der Waals surface area contributed by atoms with Gasteiger partial charge >= 0.3 is 0 Å². The van der Waals surface area contributed by atoms with E-state index in [2.05, 4.69) is 17.6 Å². The number of aryl methyl sites for hydroxylation is 1. The van der Waals surface area contributed by atoms with Gasteiger partial charge in [-0.05, 0) is 29.8 Å². The smallest absolute Gasteiger partial charge is 0.0324 e. The monoisotopic (exact) mass is 140 g/mol. The van der Waals surface area contributed by atoms with Crippen LogP contribution in [0.1, 0.15) is 6.93 Å². The van der Waals surface area contributed by atoms with Gasteiger partial charge in [0.25, 0.3) is 0 Å². The van der Waals surface area contributed by atoms with Crippen LogP contribution in [0.3, 0.4) is 0 Å². The van der Waals surface area contributed by atoms with Crippen LogP contribution in [0.2, 0.25) is 0 Å². The van der Waals surface area contributed by atoms with Gasteiger partial charge in [-0.2, -0.15) is 12.6 Å². The van der Waals surface area contributed by atoms with Crippen LogP contribution >= 0.6 is 12.6 Å². The molecule has 0 radical (unpaired) electrons. The van der Waals surface area contributed by atoms with E-state index in [1.807, 2.05) is 12.1 Å². The Morgan fingerprint density at radius 3 is 2.78 bits per heavy atom. The Kier molecular flexibility index (Phi) is 2.07. The average Bonchev–Trinajstić information content (AvgIpc) is 2.05. The summed E-state index contributed by atoms with van der Waals surface area (Å²) in [6.07, 6.45) is 3.17. The molecule has 0 N–H and O–H groups in total. The van der Waals surface area contributed by atoms with E-state index in [1.165, 1.54) is 0 Å². The van der Waals surface area contributed by atoms with E-state index in [0.717, 1.165) is 5.56 Å². The second kappa shape index (κ2) is 3.51. The third kappa shape index (κ3) is 2.06. The molecule has 0 saturated carbocycles. The van der Waals surface area contributed by atoms with Gasteiger partial charge in [0.05, 0.1) is 0 Å². The Balaban J connectivity index is 2.75. The molecule has 1 aromatic rings. The Bertz CT molecular complexity index is 190. The molecule has 0 aliphatic rings. The highest BCUT2D eigenvalue weighted by Crippen LogP contribution is 1.97. The molecule has 1 unspecified atom stereocenters. The van der Waals surface area contributed by atoms with E-state index in [0.29, 0.717) is 5.75 Å². The van der Waals surface area contributed by atoms with Crippen molar-refractivity contribution in [2.24, 2.45) is 0 Å². The van der Waals surface area contributed by atoms with Crippen molar-refractivity contribution in [1.82, 2.24) is 4.98 Å². The van der Waals surface area contributed by atoms with Gasteiger partial charge in [0.2, 0.25) is 0 Å². The molecule has 0 aliphatic carbocycles. The lowest BCUT2D eigenvalue weighted by Gasteiger charge is -1.92. The maximum absolute atomic E-state index is 7.46. The zero-order valence-electron chi connectivity index (χ0n) is 5.99. The summed E-state index contributed by atoms with van der Waals surface area (Å²) < 4.78 is 7.46. The predicted molar refractivity (Wildman–Crippen MR) is 41.8 cm³/mol. The van der Waals surface area contributed by atoms with Crippen molar-refractivity contribution in [2.75, 3.05) is 5.75 Å². The average molecular weight is 140 g/mol. The molecule has 0 amide bonds. The summed E-state index contributed by atoms with van der Waals surface area (Å²) in [4.78, 5) is 3.85. The van der Waals surface area contributed by atoms with Gasteiger partial charge in [-0.25, -0.2) is 0 Å². The Hall–Kier alpha value is -0.500. The largest absolute Gasteiger partial charge is 0.265 e. The quantitative estimate of drug-likeness (QED) is 0.615. The van der Waals surface area contributed by atoms with E-state index in [9.17, 15) is 0 Å². The normalized spacial score (nSPS) is 14.6. The number of aromatic nitrogens is 1. The van der Waals surface area contributed by atoms with Crippen LogP contribution in [0.4, 0.5) is 0 Å². The van der Waals surface area contributed by atoms with E-state index in [-0.39, 0.29) is 6.40 Å². The fraction of sp³-hybridized carbons (Fsp3) is 0.286. The molecular weight excluding hydrogens is 130 g/mol. The first-order valence-corrected chi connectivity index (χ1v) is 3.41. The summed E-state index contributed by atoms with van der Waals surface area (Å²) in [5.41, 5.74) is 0.977. The van der Waals surface area contributed by atoms with Gasteiger partial charge in [-0.3, -0.25) is 4.98 Å². The number of rotatable bonds is 2. The molecule has 1 atom stereocenters. The fourth-order valence-corrected chi connectivity index (χ4v) is 0.816. The molecule has 0 aromatic carbocycles. The maximum Gasteiger partial charge on any atom is 0.0324 e. The van der Waals surface area contributed by atoms with E-state index in [4.69, 9.17) is 1.37 Å². The highest BCUT2D eigenvalue weighted by Gasteiger charge is 1.85. The van der Waals surface area contributed by atoms with Crippen molar-refractivity contribution in [3.63, 3.8) is 0 Å². The lowest BCUT2D eigenvalue weighted by Crippen LogP contribution is -1.84. The van der Waals surface area contributed by atoms with Gasteiger partial charge in [0.1, 0.15) is 0 Å². The number of nitrogens with zero attached hydrogens (tertiary/aromatic N) is 1. The van der Waals surface area contributed by atoms with E-state index < -0.39 is 0 Å². The second-order valence-electron chi connectivity index (χ2n) is 1.67. The predicted octanol–water partition coefficient (Wildman–Crippen LogP) is 1.55. The Labute approximate surface area is 61.9 Å². The highest BCUT2D eigenvalue weighted by molar-refractivity contribution is 7.80. The van der Waals surface area contributed by atoms with Crippen LogP contribution < -0.4 is 0 Å². The lowest BCUT2D eigenvalue weighted by molar-refractivity contribution is 1.14. The molecule has 0 fully saturated rings. The first-order chi connectivity index (χ1) is 4.84. The van der Waals surface area contributed by atoms with Crippen LogP contribution in [0.15, 0.2) is 24.5 Å². The first kappa shape index (κ1) is 5.30. The minimum absolute atomic E-state index is 0.216. The summed E-state index contributed by atoms with van der Waals surface area (Å²) in [7, 11) is 0. The van der Waals surface area contributed by atoms with Crippen LogP contribution in [0, 0.1) is 0 Å². The molecule has 0 spiro atoms. The SMILES string of the molecule is [2H]C(CS)c1ccncc1. The molecule has 0 saturated heterocycles. The third-order valence-corrected chi connectivity index (χ3v) is 1.22. The van der Waals surface area contributed by atoms with Crippen molar-refractivity contribution < 1.29 is 1.37 Å². The van der Waals surface area contributed by atoms with Crippen LogP contribution in [-0.4, -0.2) is 10.7 Å². The first-order valence-electron chi connectivity index (χ1n) is 3.35. The Morgan fingerprint density at radius 2 is 2.22 bits per heavy atom. The molecule has 1 heterocycles. The maximum atomic E-state index is 7.46. The molecule has 1 aromatic heterocycles. The minimum Gasteiger partial charge on any atom is -0.265 e. The number of hydrogen-bond donors (Lipinski definition) is 1. The third-order valence-electron chi connectivity index (χ3n) is 1.03. The molecule has 1 nitrogen and oxygen atoms in total. The summed E-state index contributed by atoms with van der Waals surface area (Å²) in [5.74, 6) is 0.560. The van der Waals surface area contributed by atoms with Crippen LogP contribution in [0.5, 0.6) is 0 Å². The van der Waals surface area contributed by atoms with Crippen molar-refractivity contribution in [1.29, 1.82) is 0 Å². The molecule has 0 aliphatic heterocycles. The zero-order valence-corrected chi connectivity index (χ0v) is 5.88. The van der Waals surface area contributed by atoms with Crippen LogP contribution in [0.25, 0.3) is 0 Å². The zero-order chi connectivity index (χ0) is 7.40. The summed E-state index contributed by atoms with van der Waals surface area (Å²) in [5, 5.41) is 0. The molecule has 2 heteroatoms. The van der Waals surface area contributed by atoms with Crippen molar-refractivity contribution in [3.8, 4) is 0 Å². The summed E-state index contributed by atoms with van der Waals surface area (Å²) in [6.45, 7) is 0. The van der Waals surface area contributed by atoms with Crippen LogP contribution in [-0.2, 0) is 6.40 Å². The van der Waals surface area contributed by atoms with Gasteiger partial charge < -0.3 is 0 Å². The minimum atomic E-state index is -0.216. The molecule has 9 heavy (non-hydrogen) atoms. The summed E-state index contributed by atoms with van der Waals surface area (Å²) in [6, 6.07) is 3.68. The van der Waals surface area contributed by atoms with Crippen molar-refractivity contribution >= 4 is 12.6 Å². The molecule has 1 rings (SSSR count). The van der Waals surface area contributed by atoms with Crippen molar-refractivity contribution in [3.05, 3.63) is 30.1 Å². The fourth-order valence-electron chi connectivity index (χ4n) is 0.605. The molecule has 0 bridgehead atoms. The molecular formula is C7H9NS. The molecule has 48 valence electrons. The van der Waals surface area contributed by atoms with E-state index >= 15 is 0 Å². The van der Waals surface area contributed by atoms with Gasteiger partial charge in [-0.1, -0.05) is 0 Å².